The molecule has 0 aliphatic carbocycles. The summed E-state index contributed by atoms with van der Waals surface area (Å²) in [5.74, 6) is 1.47. The number of aromatic nitrogens is 3. The van der Waals surface area contributed by atoms with Crippen LogP contribution < -0.4 is 5.32 Å². The minimum atomic E-state index is 0.672. The quantitative estimate of drug-likeness (QED) is 0.946. The van der Waals surface area contributed by atoms with E-state index in [1.807, 2.05) is 12.4 Å². The zero-order valence-electron chi connectivity index (χ0n) is 8.99. The standard InChI is InChI=1S/C10H11BrN4S/c1-3-6-8(11)10(12-2)15-9(14-6)7-4-16-5-13-7/h4-5H,3H2,1-2H3,(H,12,14,15). The molecule has 0 spiro atoms. The largest absolute Gasteiger partial charge is 0.372 e. The van der Waals surface area contributed by atoms with Crippen LogP contribution in [0.15, 0.2) is 15.4 Å². The van der Waals surface area contributed by atoms with E-state index in [0.717, 1.165) is 28.1 Å². The highest BCUT2D eigenvalue weighted by Crippen LogP contribution is 2.26. The Hall–Kier alpha value is -1.01. The topological polar surface area (TPSA) is 50.7 Å². The summed E-state index contributed by atoms with van der Waals surface area (Å²) in [6.07, 6.45) is 0.856. The lowest BCUT2D eigenvalue weighted by Gasteiger charge is -2.08. The van der Waals surface area contributed by atoms with Crippen LogP contribution in [0.3, 0.4) is 0 Å². The number of nitrogens with one attached hydrogen (secondary N) is 1. The van der Waals surface area contributed by atoms with Crippen LogP contribution in [-0.2, 0) is 6.42 Å². The van der Waals surface area contributed by atoms with Gasteiger partial charge in [-0.05, 0) is 22.4 Å². The summed E-state index contributed by atoms with van der Waals surface area (Å²) >= 11 is 5.04. The lowest BCUT2D eigenvalue weighted by molar-refractivity contribution is 0.987. The average molecular weight is 299 g/mol. The van der Waals surface area contributed by atoms with Crippen molar-refractivity contribution in [2.75, 3.05) is 12.4 Å². The highest BCUT2D eigenvalue weighted by molar-refractivity contribution is 9.10. The maximum Gasteiger partial charge on any atom is 0.181 e. The Morgan fingerprint density at radius 1 is 1.44 bits per heavy atom. The summed E-state index contributed by atoms with van der Waals surface area (Å²) in [5, 5.41) is 5.00. The van der Waals surface area contributed by atoms with Crippen LogP contribution in [-0.4, -0.2) is 22.0 Å². The third-order valence-electron chi connectivity index (χ3n) is 2.15. The van der Waals surface area contributed by atoms with Gasteiger partial charge in [0.15, 0.2) is 5.82 Å². The first-order chi connectivity index (χ1) is 7.76. The Balaban J connectivity index is 2.56. The number of thiazole rings is 1. The summed E-state index contributed by atoms with van der Waals surface area (Å²) in [4.78, 5) is 13.1. The summed E-state index contributed by atoms with van der Waals surface area (Å²) in [6, 6.07) is 0. The van der Waals surface area contributed by atoms with Crippen molar-refractivity contribution in [2.45, 2.75) is 13.3 Å². The highest BCUT2D eigenvalue weighted by Gasteiger charge is 2.12. The van der Waals surface area contributed by atoms with Gasteiger partial charge in [0.25, 0.3) is 0 Å². The van der Waals surface area contributed by atoms with Crippen molar-refractivity contribution in [1.82, 2.24) is 15.0 Å². The second-order valence-corrected chi connectivity index (χ2v) is 4.65. The first-order valence-corrected chi connectivity index (χ1v) is 6.62. The van der Waals surface area contributed by atoms with Crippen LogP contribution in [0.2, 0.25) is 0 Å². The maximum atomic E-state index is 4.49. The third kappa shape index (κ3) is 2.08. The highest BCUT2D eigenvalue weighted by atomic mass is 79.9. The van der Waals surface area contributed by atoms with Crippen molar-refractivity contribution in [1.29, 1.82) is 0 Å². The molecular formula is C10H11BrN4S. The molecule has 16 heavy (non-hydrogen) atoms. The van der Waals surface area contributed by atoms with Crippen molar-refractivity contribution < 1.29 is 0 Å². The van der Waals surface area contributed by atoms with E-state index in [9.17, 15) is 0 Å². The molecular weight excluding hydrogens is 288 g/mol. The molecule has 0 saturated heterocycles. The van der Waals surface area contributed by atoms with Gasteiger partial charge in [0.1, 0.15) is 11.5 Å². The molecule has 0 aliphatic heterocycles. The molecule has 2 aromatic heterocycles. The number of halogens is 1. The Morgan fingerprint density at radius 3 is 2.81 bits per heavy atom. The van der Waals surface area contributed by atoms with E-state index in [-0.39, 0.29) is 0 Å². The van der Waals surface area contributed by atoms with Crippen LogP contribution in [0.25, 0.3) is 11.5 Å². The third-order valence-corrected chi connectivity index (χ3v) is 3.57. The second kappa shape index (κ2) is 4.88. The summed E-state index contributed by atoms with van der Waals surface area (Å²) in [7, 11) is 1.84. The molecule has 0 radical (unpaired) electrons. The van der Waals surface area contributed by atoms with Crippen LogP contribution in [0.4, 0.5) is 5.82 Å². The molecule has 2 heterocycles. The van der Waals surface area contributed by atoms with Gasteiger partial charge in [-0.15, -0.1) is 11.3 Å². The van der Waals surface area contributed by atoms with Gasteiger partial charge in [-0.2, -0.15) is 0 Å². The van der Waals surface area contributed by atoms with E-state index >= 15 is 0 Å². The first kappa shape index (κ1) is 11.5. The monoisotopic (exact) mass is 298 g/mol. The van der Waals surface area contributed by atoms with Gasteiger partial charge < -0.3 is 5.32 Å². The maximum absolute atomic E-state index is 4.49. The van der Waals surface area contributed by atoms with Gasteiger partial charge in [0.2, 0.25) is 0 Å². The molecule has 2 rings (SSSR count). The Kier molecular flexibility index (Phi) is 3.50. The number of anilines is 1. The molecule has 1 N–H and O–H groups in total. The number of aryl methyl sites for hydroxylation is 1. The van der Waals surface area contributed by atoms with Gasteiger partial charge in [0.05, 0.1) is 15.7 Å². The van der Waals surface area contributed by atoms with Crippen molar-refractivity contribution in [3.63, 3.8) is 0 Å². The van der Waals surface area contributed by atoms with Crippen LogP contribution >= 0.6 is 27.3 Å². The molecule has 6 heteroatoms. The minimum absolute atomic E-state index is 0.672. The van der Waals surface area contributed by atoms with Gasteiger partial charge in [-0.3, -0.25) is 0 Å². The van der Waals surface area contributed by atoms with Gasteiger partial charge in [-0.25, -0.2) is 15.0 Å². The molecule has 2 aromatic rings. The Bertz CT molecular complexity index is 459. The number of hydrogen-bond acceptors (Lipinski definition) is 5. The van der Waals surface area contributed by atoms with E-state index in [0.29, 0.717) is 5.82 Å². The number of rotatable bonds is 3. The fraction of sp³-hybridized carbons (Fsp3) is 0.300. The van der Waals surface area contributed by atoms with Crippen molar-refractivity contribution in [2.24, 2.45) is 0 Å². The number of nitrogens with zero attached hydrogens (tertiary/aromatic N) is 3. The smallest absolute Gasteiger partial charge is 0.181 e. The molecule has 0 bridgehead atoms. The first-order valence-electron chi connectivity index (χ1n) is 4.89. The summed E-state index contributed by atoms with van der Waals surface area (Å²) in [6.45, 7) is 2.07. The SMILES string of the molecule is CCc1nc(-c2cscn2)nc(NC)c1Br. The fourth-order valence-electron chi connectivity index (χ4n) is 1.33. The van der Waals surface area contributed by atoms with Crippen LogP contribution in [0.1, 0.15) is 12.6 Å². The van der Waals surface area contributed by atoms with E-state index in [1.54, 1.807) is 16.8 Å². The zero-order chi connectivity index (χ0) is 11.5. The van der Waals surface area contributed by atoms with Gasteiger partial charge in [-0.1, -0.05) is 6.92 Å². The normalized spacial score (nSPS) is 10.4. The molecule has 0 saturated carbocycles. The predicted molar refractivity (Wildman–Crippen MR) is 69.8 cm³/mol. The molecule has 0 atom stereocenters. The summed E-state index contributed by atoms with van der Waals surface area (Å²) < 4.78 is 0.927. The lowest BCUT2D eigenvalue weighted by Crippen LogP contribution is -2.02. The summed E-state index contributed by atoms with van der Waals surface area (Å²) in [5.41, 5.74) is 3.59. The number of hydrogen-bond donors (Lipinski definition) is 1. The zero-order valence-corrected chi connectivity index (χ0v) is 11.4. The van der Waals surface area contributed by atoms with E-state index in [4.69, 9.17) is 0 Å². The second-order valence-electron chi connectivity index (χ2n) is 3.13. The minimum Gasteiger partial charge on any atom is -0.372 e. The Labute approximate surface area is 106 Å². The molecule has 0 aromatic carbocycles. The molecule has 0 amide bonds. The molecule has 0 fully saturated rings. The fourth-order valence-corrected chi connectivity index (χ4v) is 2.52. The van der Waals surface area contributed by atoms with Crippen LogP contribution in [0.5, 0.6) is 0 Å². The van der Waals surface area contributed by atoms with E-state index in [2.05, 4.69) is 43.1 Å². The van der Waals surface area contributed by atoms with Crippen molar-refractivity contribution >= 4 is 33.1 Å². The Morgan fingerprint density at radius 2 is 2.25 bits per heavy atom. The van der Waals surface area contributed by atoms with Crippen molar-refractivity contribution in [3.8, 4) is 11.5 Å². The average Bonchev–Trinajstić information content (AvgIpc) is 2.83. The lowest BCUT2D eigenvalue weighted by atomic mass is 10.3. The van der Waals surface area contributed by atoms with Gasteiger partial charge in [0, 0.05) is 12.4 Å². The molecule has 0 aliphatic rings. The van der Waals surface area contributed by atoms with E-state index in [1.165, 1.54) is 0 Å². The van der Waals surface area contributed by atoms with Gasteiger partial charge >= 0.3 is 0 Å². The molecule has 4 nitrogen and oxygen atoms in total. The van der Waals surface area contributed by atoms with Crippen LogP contribution in [0, 0.1) is 0 Å². The molecule has 0 unspecified atom stereocenters. The predicted octanol–water partition coefficient (Wildman–Crippen LogP) is 2.97. The van der Waals surface area contributed by atoms with E-state index < -0.39 is 0 Å². The van der Waals surface area contributed by atoms with Crippen molar-refractivity contribution in [3.05, 3.63) is 21.1 Å². The molecule has 84 valence electrons.